The quantitative estimate of drug-likeness (QED) is 0.299. The molecule has 0 saturated heterocycles. The predicted molar refractivity (Wildman–Crippen MR) is 124 cm³/mol. The number of amides is 1. The minimum atomic E-state index is -0.0820. The van der Waals surface area contributed by atoms with E-state index in [4.69, 9.17) is 4.74 Å². The van der Waals surface area contributed by atoms with E-state index in [1.807, 2.05) is 38.1 Å². The van der Waals surface area contributed by atoms with Crippen molar-refractivity contribution in [1.82, 2.24) is 14.5 Å². The molecule has 0 radical (unpaired) electrons. The Bertz CT molecular complexity index is 1150. The van der Waals surface area contributed by atoms with Crippen LogP contribution in [0.3, 0.4) is 0 Å². The molecular weight excluding hydrogens is 418 g/mol. The molecule has 8 heteroatoms. The van der Waals surface area contributed by atoms with Gasteiger partial charge in [-0.2, -0.15) is 0 Å². The SMILES string of the molecule is C=CCn1c(SCC(=O)N(C)Cc2cccc(OC)c2)nc2sc(C)c(C)c2c1=O. The van der Waals surface area contributed by atoms with Gasteiger partial charge in [0.25, 0.3) is 5.56 Å². The highest BCUT2D eigenvalue weighted by Gasteiger charge is 2.18. The van der Waals surface area contributed by atoms with Crippen LogP contribution in [0.5, 0.6) is 5.75 Å². The number of hydrogen-bond donors (Lipinski definition) is 0. The van der Waals surface area contributed by atoms with Crippen LogP contribution in [-0.4, -0.2) is 40.3 Å². The predicted octanol–water partition coefficient (Wildman–Crippen LogP) is 4.02. The van der Waals surface area contributed by atoms with Crippen LogP contribution < -0.4 is 10.3 Å². The number of thioether (sulfide) groups is 1. The molecule has 2 heterocycles. The van der Waals surface area contributed by atoms with Crippen molar-refractivity contribution in [2.75, 3.05) is 19.9 Å². The van der Waals surface area contributed by atoms with Gasteiger partial charge >= 0.3 is 0 Å². The molecule has 0 aliphatic carbocycles. The minimum absolute atomic E-state index is 0.0409. The van der Waals surface area contributed by atoms with Gasteiger partial charge in [0, 0.05) is 25.0 Å². The van der Waals surface area contributed by atoms with Crippen LogP contribution >= 0.6 is 23.1 Å². The number of allylic oxidation sites excluding steroid dienone is 1. The molecule has 0 saturated carbocycles. The average Bonchev–Trinajstić information content (AvgIpc) is 3.02. The highest BCUT2D eigenvalue weighted by atomic mass is 32.2. The molecule has 2 aromatic heterocycles. The zero-order valence-corrected chi connectivity index (χ0v) is 19.2. The molecule has 158 valence electrons. The minimum Gasteiger partial charge on any atom is -0.497 e. The van der Waals surface area contributed by atoms with Gasteiger partial charge in [0.05, 0.1) is 18.2 Å². The van der Waals surface area contributed by atoms with E-state index in [2.05, 4.69) is 11.6 Å². The molecule has 1 amide bonds. The van der Waals surface area contributed by atoms with Crippen molar-refractivity contribution in [3.05, 3.63) is 63.3 Å². The van der Waals surface area contributed by atoms with Crippen molar-refractivity contribution in [2.24, 2.45) is 0 Å². The Morgan fingerprint density at radius 1 is 1.40 bits per heavy atom. The van der Waals surface area contributed by atoms with Gasteiger partial charge in [0.1, 0.15) is 10.6 Å². The Labute approximate surface area is 184 Å². The van der Waals surface area contributed by atoms with Crippen molar-refractivity contribution in [3.8, 4) is 5.75 Å². The number of nitrogens with zero attached hydrogens (tertiary/aromatic N) is 3. The fourth-order valence-corrected chi connectivity index (χ4v) is 5.10. The molecule has 6 nitrogen and oxygen atoms in total. The molecule has 0 aliphatic heterocycles. The third-order valence-corrected chi connectivity index (χ3v) is 6.93. The van der Waals surface area contributed by atoms with Crippen molar-refractivity contribution < 1.29 is 9.53 Å². The number of aromatic nitrogens is 2. The Balaban J connectivity index is 1.78. The lowest BCUT2D eigenvalue weighted by molar-refractivity contribution is -0.127. The van der Waals surface area contributed by atoms with Gasteiger partial charge in [-0.1, -0.05) is 30.0 Å². The molecule has 0 spiro atoms. The van der Waals surface area contributed by atoms with Gasteiger partial charge in [-0.25, -0.2) is 4.98 Å². The average molecular weight is 444 g/mol. The van der Waals surface area contributed by atoms with Crippen LogP contribution in [0.2, 0.25) is 0 Å². The fraction of sp³-hybridized carbons (Fsp3) is 0.318. The summed E-state index contributed by atoms with van der Waals surface area (Å²) in [5.41, 5.74) is 1.88. The Hall–Kier alpha value is -2.58. The Morgan fingerprint density at radius 2 is 2.17 bits per heavy atom. The van der Waals surface area contributed by atoms with Crippen LogP contribution in [-0.2, 0) is 17.9 Å². The van der Waals surface area contributed by atoms with Gasteiger partial charge in [0.2, 0.25) is 5.91 Å². The molecular formula is C22H25N3O3S2. The number of methoxy groups -OCH3 is 1. The van der Waals surface area contributed by atoms with Gasteiger partial charge in [-0.15, -0.1) is 17.9 Å². The number of rotatable bonds is 8. The summed E-state index contributed by atoms with van der Waals surface area (Å²) < 4.78 is 6.83. The fourth-order valence-electron chi connectivity index (χ4n) is 3.08. The lowest BCUT2D eigenvalue weighted by atomic mass is 10.2. The summed E-state index contributed by atoms with van der Waals surface area (Å²) in [6.07, 6.45) is 1.67. The Kier molecular flexibility index (Phi) is 6.99. The third-order valence-electron chi connectivity index (χ3n) is 4.87. The van der Waals surface area contributed by atoms with E-state index in [1.165, 1.54) is 23.1 Å². The molecule has 0 atom stereocenters. The highest BCUT2D eigenvalue weighted by molar-refractivity contribution is 7.99. The highest BCUT2D eigenvalue weighted by Crippen LogP contribution is 2.28. The second-order valence-electron chi connectivity index (χ2n) is 6.95. The summed E-state index contributed by atoms with van der Waals surface area (Å²) >= 11 is 2.79. The number of hydrogen-bond acceptors (Lipinski definition) is 6. The first kappa shape index (κ1) is 22.1. The lowest BCUT2D eigenvalue weighted by Crippen LogP contribution is -2.28. The van der Waals surface area contributed by atoms with E-state index < -0.39 is 0 Å². The maximum absolute atomic E-state index is 13.0. The number of fused-ring (bicyclic) bond motifs is 1. The molecule has 1 aromatic carbocycles. The second kappa shape index (κ2) is 9.49. The first-order chi connectivity index (χ1) is 14.3. The maximum atomic E-state index is 13.0. The van der Waals surface area contributed by atoms with Crippen molar-refractivity contribution >= 4 is 39.2 Å². The summed E-state index contributed by atoms with van der Waals surface area (Å²) in [6, 6.07) is 7.64. The second-order valence-corrected chi connectivity index (χ2v) is 9.10. The van der Waals surface area contributed by atoms with Crippen LogP contribution in [0.1, 0.15) is 16.0 Å². The molecule has 0 aliphatic rings. The van der Waals surface area contributed by atoms with Gasteiger partial charge < -0.3 is 9.64 Å². The normalized spacial score (nSPS) is 10.9. The number of thiophene rings is 1. The van der Waals surface area contributed by atoms with Crippen molar-refractivity contribution in [1.29, 1.82) is 0 Å². The summed E-state index contributed by atoms with van der Waals surface area (Å²) in [5, 5.41) is 1.20. The molecule has 30 heavy (non-hydrogen) atoms. The van der Waals surface area contributed by atoms with Crippen molar-refractivity contribution in [2.45, 2.75) is 32.1 Å². The number of carbonyl (C=O) groups excluding carboxylic acids is 1. The first-order valence-corrected chi connectivity index (χ1v) is 11.3. The van der Waals surface area contributed by atoms with E-state index in [9.17, 15) is 9.59 Å². The van der Waals surface area contributed by atoms with Crippen LogP contribution in [0.15, 0.2) is 46.9 Å². The van der Waals surface area contributed by atoms with E-state index in [1.54, 1.807) is 29.7 Å². The topological polar surface area (TPSA) is 64.4 Å². The van der Waals surface area contributed by atoms with Crippen LogP contribution in [0, 0.1) is 13.8 Å². The number of carbonyl (C=O) groups is 1. The molecule has 0 fully saturated rings. The van der Waals surface area contributed by atoms with E-state index >= 15 is 0 Å². The third kappa shape index (κ3) is 4.60. The summed E-state index contributed by atoms with van der Waals surface area (Å²) in [5.74, 6) is 0.912. The van der Waals surface area contributed by atoms with Crippen molar-refractivity contribution in [3.63, 3.8) is 0 Å². The Morgan fingerprint density at radius 3 is 2.87 bits per heavy atom. The lowest BCUT2D eigenvalue weighted by Gasteiger charge is -2.18. The molecule has 0 bridgehead atoms. The number of ether oxygens (including phenoxy) is 1. The van der Waals surface area contributed by atoms with E-state index in [0.29, 0.717) is 23.6 Å². The van der Waals surface area contributed by atoms with Gasteiger partial charge in [-0.05, 0) is 37.1 Å². The monoisotopic (exact) mass is 443 g/mol. The molecule has 3 aromatic rings. The molecule has 0 N–H and O–H groups in total. The molecule has 3 rings (SSSR count). The van der Waals surface area contributed by atoms with Crippen LogP contribution in [0.25, 0.3) is 10.2 Å². The maximum Gasteiger partial charge on any atom is 0.263 e. The first-order valence-electron chi connectivity index (χ1n) is 9.46. The zero-order chi connectivity index (χ0) is 21.8. The summed E-state index contributed by atoms with van der Waals surface area (Å²) in [4.78, 5) is 33.9. The molecule has 0 unspecified atom stereocenters. The van der Waals surface area contributed by atoms with Crippen LogP contribution in [0.4, 0.5) is 0 Å². The summed E-state index contributed by atoms with van der Waals surface area (Å²) in [6.45, 7) is 8.51. The standard InChI is InChI=1S/C22H25N3O3S2/c1-6-10-25-21(27)19-14(2)15(3)30-20(19)23-22(25)29-13-18(26)24(4)12-16-8-7-9-17(11-16)28-5/h6-9,11H,1,10,12-13H2,2-5H3. The number of benzene rings is 1. The van der Waals surface area contributed by atoms with E-state index in [0.717, 1.165) is 26.6 Å². The number of aryl methyl sites for hydroxylation is 2. The van der Waals surface area contributed by atoms with E-state index in [-0.39, 0.29) is 17.2 Å². The summed E-state index contributed by atoms with van der Waals surface area (Å²) in [7, 11) is 3.38. The zero-order valence-electron chi connectivity index (χ0n) is 17.6. The van der Waals surface area contributed by atoms with Gasteiger partial charge in [0.15, 0.2) is 5.16 Å². The largest absolute Gasteiger partial charge is 0.497 e. The van der Waals surface area contributed by atoms with Gasteiger partial charge in [-0.3, -0.25) is 14.2 Å². The smallest absolute Gasteiger partial charge is 0.263 e.